The highest BCUT2D eigenvalue weighted by Gasteiger charge is 2.65. The Morgan fingerprint density at radius 2 is 1.52 bits per heavy atom. The molecule has 0 heterocycles. The summed E-state index contributed by atoms with van der Waals surface area (Å²) in [5, 5.41) is 0. The van der Waals surface area contributed by atoms with Crippen LogP contribution in [0.2, 0.25) is 0 Å². The molecule has 5 aliphatic rings. The fraction of sp³-hybridized carbons (Fsp3) is 0.833. The zero-order chi connectivity index (χ0) is 22.7. The highest BCUT2D eigenvalue weighted by molar-refractivity contribution is 5.89. The van der Waals surface area contributed by atoms with Crippen LogP contribution in [-0.2, 0) is 4.79 Å². The third kappa shape index (κ3) is 2.64. The minimum absolute atomic E-state index is 0.169. The van der Waals surface area contributed by atoms with E-state index in [1.807, 2.05) is 5.57 Å². The molecule has 5 rings (SSSR count). The van der Waals surface area contributed by atoms with E-state index in [1.165, 1.54) is 44.1 Å². The van der Waals surface area contributed by atoms with Crippen molar-refractivity contribution in [3.05, 3.63) is 23.3 Å². The fourth-order valence-corrected chi connectivity index (χ4v) is 9.60. The number of carbonyl (C=O) groups is 1. The van der Waals surface area contributed by atoms with Gasteiger partial charge in [-0.25, -0.2) is 0 Å². The lowest BCUT2D eigenvalue weighted by atomic mass is 9.35. The highest BCUT2D eigenvalue weighted by Crippen LogP contribution is 2.74. The van der Waals surface area contributed by atoms with Crippen molar-refractivity contribution < 1.29 is 4.79 Å². The average molecular weight is 423 g/mol. The largest absolute Gasteiger partial charge is 0.299 e. The van der Waals surface area contributed by atoms with E-state index in [2.05, 4.69) is 67.5 Å². The molecule has 6 atom stereocenters. The van der Waals surface area contributed by atoms with E-state index in [1.54, 1.807) is 0 Å². The van der Waals surface area contributed by atoms with E-state index >= 15 is 0 Å². The maximum absolute atomic E-state index is 12.8. The van der Waals surface area contributed by atoms with Crippen LogP contribution < -0.4 is 0 Å². The molecule has 0 aromatic rings. The van der Waals surface area contributed by atoms with Gasteiger partial charge in [0.15, 0.2) is 0 Å². The molecule has 0 N–H and O–H groups in total. The standard InChI is InChI=1S/C30H46O/c1-25(2)15-16-27(5)17-18-29(7)20(21(27)19-25)9-10-23-28(6)13-12-24(31)26(3,4)22(28)11-14-30(23,29)8/h9,11,21,23H,10,12-19H2,1-8H3/t21-,23+,27+,28-,29+,30+/m0/s1. The molecule has 0 bridgehead atoms. The maximum Gasteiger partial charge on any atom is 0.142 e. The van der Waals surface area contributed by atoms with Crippen molar-refractivity contribution in [2.24, 2.45) is 44.3 Å². The van der Waals surface area contributed by atoms with Crippen LogP contribution in [0.5, 0.6) is 0 Å². The van der Waals surface area contributed by atoms with Gasteiger partial charge >= 0.3 is 0 Å². The summed E-state index contributed by atoms with van der Waals surface area (Å²) in [6, 6.07) is 0. The van der Waals surface area contributed by atoms with E-state index in [-0.39, 0.29) is 10.8 Å². The van der Waals surface area contributed by atoms with Gasteiger partial charge in [0.2, 0.25) is 0 Å². The van der Waals surface area contributed by atoms with Crippen molar-refractivity contribution in [1.82, 2.24) is 0 Å². The summed E-state index contributed by atoms with van der Waals surface area (Å²) in [5.41, 5.74) is 4.76. The third-order valence-electron chi connectivity index (χ3n) is 12.1. The van der Waals surface area contributed by atoms with Crippen LogP contribution in [-0.4, -0.2) is 5.78 Å². The molecule has 0 aromatic carbocycles. The molecule has 0 radical (unpaired) electrons. The smallest absolute Gasteiger partial charge is 0.142 e. The predicted octanol–water partition coefficient (Wildman–Crippen LogP) is 8.30. The van der Waals surface area contributed by atoms with Crippen LogP contribution in [0.4, 0.5) is 0 Å². The Hall–Kier alpha value is -0.850. The second-order valence-electron chi connectivity index (χ2n) is 14.6. The first kappa shape index (κ1) is 22.0. The molecular weight excluding hydrogens is 376 g/mol. The van der Waals surface area contributed by atoms with E-state index in [4.69, 9.17) is 0 Å². The van der Waals surface area contributed by atoms with Crippen LogP contribution in [0.3, 0.4) is 0 Å². The molecule has 1 nitrogen and oxygen atoms in total. The van der Waals surface area contributed by atoms with Gasteiger partial charge in [0, 0.05) is 11.8 Å². The van der Waals surface area contributed by atoms with Crippen molar-refractivity contribution in [2.45, 2.75) is 113 Å². The molecule has 3 saturated carbocycles. The first-order valence-electron chi connectivity index (χ1n) is 13.1. The van der Waals surface area contributed by atoms with Crippen molar-refractivity contribution in [2.75, 3.05) is 0 Å². The van der Waals surface area contributed by atoms with Gasteiger partial charge in [-0.2, -0.15) is 0 Å². The summed E-state index contributed by atoms with van der Waals surface area (Å²) in [6.07, 6.45) is 16.4. The van der Waals surface area contributed by atoms with Crippen LogP contribution in [0.15, 0.2) is 23.3 Å². The van der Waals surface area contributed by atoms with Crippen LogP contribution in [0, 0.1) is 44.3 Å². The number of carbonyl (C=O) groups excluding carboxylic acids is 1. The molecule has 0 aliphatic heterocycles. The first-order valence-corrected chi connectivity index (χ1v) is 13.1. The Morgan fingerprint density at radius 3 is 2.23 bits per heavy atom. The van der Waals surface area contributed by atoms with Crippen LogP contribution >= 0.6 is 0 Å². The molecule has 0 saturated heterocycles. The second-order valence-corrected chi connectivity index (χ2v) is 14.6. The van der Waals surface area contributed by atoms with Gasteiger partial charge in [0.1, 0.15) is 5.78 Å². The number of Topliss-reactive ketones (excluding diaryl/α,β-unsaturated/α-hetero) is 1. The van der Waals surface area contributed by atoms with Gasteiger partial charge in [-0.05, 0) is 104 Å². The predicted molar refractivity (Wildman–Crippen MR) is 130 cm³/mol. The summed E-state index contributed by atoms with van der Waals surface area (Å²) in [5.74, 6) is 1.87. The summed E-state index contributed by atoms with van der Waals surface area (Å²) >= 11 is 0. The molecule has 31 heavy (non-hydrogen) atoms. The van der Waals surface area contributed by atoms with Gasteiger partial charge in [-0.3, -0.25) is 4.79 Å². The maximum atomic E-state index is 12.8. The molecule has 1 heteroatoms. The van der Waals surface area contributed by atoms with Crippen molar-refractivity contribution >= 4 is 5.78 Å². The Bertz CT molecular complexity index is 886. The highest BCUT2D eigenvalue weighted by atomic mass is 16.1. The second kappa shape index (κ2) is 6.18. The number of hydrogen-bond acceptors (Lipinski definition) is 1. The normalized spacial score (nSPS) is 50.3. The fourth-order valence-electron chi connectivity index (χ4n) is 9.60. The first-order chi connectivity index (χ1) is 14.2. The minimum atomic E-state index is -0.280. The Labute approximate surface area is 191 Å². The lowest BCUT2D eigenvalue weighted by Gasteiger charge is -2.68. The SMILES string of the molecule is CC1(C)CC[C@]2(C)CC[C@]3(C)C(=CC[C@@H]4[C@@]5(C)CCC(=O)C(C)(C)C5=CC[C@]43C)[C@@H]2C1. The van der Waals surface area contributed by atoms with Gasteiger partial charge in [0.05, 0.1) is 0 Å². The quantitative estimate of drug-likeness (QED) is 0.359. The lowest BCUT2D eigenvalue weighted by molar-refractivity contribution is -0.136. The lowest BCUT2D eigenvalue weighted by Crippen LogP contribution is -2.61. The van der Waals surface area contributed by atoms with E-state index in [0.717, 1.165) is 25.2 Å². The summed E-state index contributed by atoms with van der Waals surface area (Å²) < 4.78 is 0. The van der Waals surface area contributed by atoms with E-state index in [9.17, 15) is 4.79 Å². The topological polar surface area (TPSA) is 17.1 Å². The molecule has 0 unspecified atom stereocenters. The molecule has 5 aliphatic carbocycles. The molecule has 0 aromatic heterocycles. The van der Waals surface area contributed by atoms with E-state index < -0.39 is 0 Å². The summed E-state index contributed by atoms with van der Waals surface area (Å²) in [4.78, 5) is 12.8. The van der Waals surface area contributed by atoms with Gasteiger partial charge in [0.25, 0.3) is 0 Å². The zero-order valence-electron chi connectivity index (χ0n) is 21.6. The van der Waals surface area contributed by atoms with Crippen LogP contribution in [0.1, 0.15) is 113 Å². The molecular formula is C30H46O. The zero-order valence-corrected chi connectivity index (χ0v) is 21.6. The number of rotatable bonds is 0. The summed E-state index contributed by atoms with van der Waals surface area (Å²) in [6.45, 7) is 19.8. The third-order valence-corrected chi connectivity index (χ3v) is 12.1. The number of hydrogen-bond donors (Lipinski definition) is 0. The molecule has 0 spiro atoms. The van der Waals surface area contributed by atoms with Gasteiger partial charge in [-0.1, -0.05) is 64.8 Å². The van der Waals surface area contributed by atoms with Crippen molar-refractivity contribution in [3.63, 3.8) is 0 Å². The average Bonchev–Trinajstić information content (AvgIpc) is 2.67. The van der Waals surface area contributed by atoms with E-state index in [0.29, 0.717) is 33.4 Å². The minimum Gasteiger partial charge on any atom is -0.299 e. The number of allylic oxidation sites excluding steroid dienone is 4. The van der Waals surface area contributed by atoms with Gasteiger partial charge in [-0.15, -0.1) is 0 Å². The van der Waals surface area contributed by atoms with Crippen LogP contribution in [0.25, 0.3) is 0 Å². The van der Waals surface area contributed by atoms with Crippen molar-refractivity contribution in [3.8, 4) is 0 Å². The number of fused-ring (bicyclic) bond motifs is 7. The molecule has 3 fully saturated rings. The summed E-state index contributed by atoms with van der Waals surface area (Å²) in [7, 11) is 0. The Kier molecular flexibility index (Phi) is 4.38. The Balaban J connectivity index is 1.60. The Morgan fingerprint density at radius 1 is 0.839 bits per heavy atom. The monoisotopic (exact) mass is 422 g/mol. The number of ketones is 1. The van der Waals surface area contributed by atoms with Crippen molar-refractivity contribution in [1.29, 1.82) is 0 Å². The van der Waals surface area contributed by atoms with Gasteiger partial charge < -0.3 is 0 Å². The molecule has 0 amide bonds. The molecule has 172 valence electrons.